The van der Waals surface area contributed by atoms with Crippen LogP contribution in [0, 0.1) is 0 Å². The Morgan fingerprint density at radius 3 is 2.32 bits per heavy atom. The lowest BCUT2D eigenvalue weighted by atomic mass is 10.3. The van der Waals surface area contributed by atoms with Gasteiger partial charge in [0.2, 0.25) is 5.91 Å². The first kappa shape index (κ1) is 16.8. The predicted octanol–water partition coefficient (Wildman–Crippen LogP) is -0.991. The summed E-state index contributed by atoms with van der Waals surface area (Å²) in [6, 6.07) is 0. The van der Waals surface area contributed by atoms with E-state index in [1.54, 1.807) is 4.90 Å². The van der Waals surface area contributed by atoms with E-state index in [1.165, 1.54) is 25.9 Å². The number of hydrogen-bond acceptors (Lipinski definition) is 5. The van der Waals surface area contributed by atoms with Crippen LogP contribution in [0.15, 0.2) is 12.7 Å². The molecule has 9 nitrogen and oxygen atoms in total. The van der Waals surface area contributed by atoms with Gasteiger partial charge < -0.3 is 4.90 Å². The van der Waals surface area contributed by atoms with Crippen LogP contribution in [0.3, 0.4) is 0 Å². The molecule has 1 aliphatic rings. The van der Waals surface area contributed by atoms with E-state index in [2.05, 4.69) is 10.1 Å². The lowest BCUT2D eigenvalue weighted by Crippen LogP contribution is -2.54. The van der Waals surface area contributed by atoms with E-state index in [0.717, 1.165) is 0 Å². The number of amides is 1. The van der Waals surface area contributed by atoms with Crippen molar-refractivity contribution in [3.05, 3.63) is 12.7 Å². The fourth-order valence-electron chi connectivity index (χ4n) is 2.43. The van der Waals surface area contributed by atoms with E-state index in [9.17, 15) is 13.2 Å². The molecule has 2 heterocycles. The summed E-state index contributed by atoms with van der Waals surface area (Å²) in [5.41, 5.74) is 0. The molecule has 0 saturated carbocycles. The van der Waals surface area contributed by atoms with Crippen LogP contribution in [-0.2, 0) is 21.5 Å². The van der Waals surface area contributed by atoms with E-state index >= 15 is 0 Å². The van der Waals surface area contributed by atoms with Gasteiger partial charge in [0.05, 0.1) is 0 Å². The van der Waals surface area contributed by atoms with E-state index in [0.29, 0.717) is 39.3 Å². The molecular formula is C12H22N6O3S. The van der Waals surface area contributed by atoms with Crippen LogP contribution < -0.4 is 0 Å². The molecule has 1 aliphatic heterocycles. The van der Waals surface area contributed by atoms with Crippen LogP contribution in [0.4, 0.5) is 0 Å². The highest BCUT2D eigenvalue weighted by atomic mass is 32.2. The summed E-state index contributed by atoms with van der Waals surface area (Å²) in [7, 11) is -3.42. The SMILES string of the molecule is CCN(CC)S(=O)(=O)N1CCN(C(=O)Cn2cncn2)CC1. The van der Waals surface area contributed by atoms with E-state index in [-0.39, 0.29) is 12.5 Å². The molecule has 124 valence electrons. The fourth-order valence-corrected chi connectivity index (χ4v) is 4.04. The lowest BCUT2D eigenvalue weighted by molar-refractivity contribution is -0.133. The first-order chi connectivity index (χ1) is 10.5. The Balaban J connectivity index is 1.91. The first-order valence-corrected chi connectivity index (χ1v) is 8.74. The van der Waals surface area contributed by atoms with Crippen molar-refractivity contribution in [2.45, 2.75) is 20.4 Å². The number of piperazine rings is 1. The summed E-state index contributed by atoms with van der Waals surface area (Å²) >= 11 is 0. The van der Waals surface area contributed by atoms with E-state index < -0.39 is 10.2 Å². The van der Waals surface area contributed by atoms with Crippen molar-refractivity contribution in [2.24, 2.45) is 0 Å². The molecule has 1 amide bonds. The largest absolute Gasteiger partial charge is 0.338 e. The van der Waals surface area contributed by atoms with Gasteiger partial charge in [-0.25, -0.2) is 9.67 Å². The van der Waals surface area contributed by atoms with Crippen LogP contribution in [0.25, 0.3) is 0 Å². The van der Waals surface area contributed by atoms with Crippen molar-refractivity contribution >= 4 is 16.1 Å². The van der Waals surface area contributed by atoms with Crippen LogP contribution >= 0.6 is 0 Å². The highest BCUT2D eigenvalue weighted by molar-refractivity contribution is 7.86. The fraction of sp³-hybridized carbons (Fsp3) is 0.750. The Kier molecular flexibility index (Phi) is 5.48. The van der Waals surface area contributed by atoms with Gasteiger partial charge in [-0.3, -0.25) is 4.79 Å². The first-order valence-electron chi connectivity index (χ1n) is 7.34. The summed E-state index contributed by atoms with van der Waals surface area (Å²) < 4.78 is 29.1. The number of carbonyl (C=O) groups excluding carboxylic acids is 1. The Morgan fingerprint density at radius 1 is 1.18 bits per heavy atom. The average molecular weight is 330 g/mol. The quantitative estimate of drug-likeness (QED) is 0.668. The zero-order chi connectivity index (χ0) is 16.2. The molecule has 0 aliphatic carbocycles. The minimum atomic E-state index is -3.42. The molecule has 0 bridgehead atoms. The van der Waals surface area contributed by atoms with Crippen molar-refractivity contribution in [2.75, 3.05) is 39.3 Å². The molecule has 0 N–H and O–H groups in total. The summed E-state index contributed by atoms with van der Waals surface area (Å²) in [4.78, 5) is 17.6. The third-order valence-corrected chi connectivity index (χ3v) is 5.90. The van der Waals surface area contributed by atoms with E-state index in [1.807, 2.05) is 13.8 Å². The zero-order valence-electron chi connectivity index (χ0n) is 12.9. The maximum absolute atomic E-state index is 12.4. The molecule has 0 unspecified atom stereocenters. The van der Waals surface area contributed by atoms with Gasteiger partial charge in [-0.2, -0.15) is 22.1 Å². The van der Waals surface area contributed by atoms with Gasteiger partial charge >= 0.3 is 0 Å². The third-order valence-electron chi connectivity index (χ3n) is 3.71. The van der Waals surface area contributed by atoms with Gasteiger partial charge in [-0.15, -0.1) is 0 Å². The standard InChI is InChI=1S/C12H22N6O3S/c1-3-17(4-2)22(20,21)18-7-5-15(6-8-18)12(19)9-16-11-13-10-14-16/h10-11H,3-9H2,1-2H3. The molecular weight excluding hydrogens is 308 g/mol. The average Bonchev–Trinajstić information content (AvgIpc) is 3.01. The van der Waals surface area contributed by atoms with Crippen molar-refractivity contribution in [1.29, 1.82) is 0 Å². The topological polar surface area (TPSA) is 91.6 Å². The summed E-state index contributed by atoms with van der Waals surface area (Å²) in [5.74, 6) is -0.0783. The van der Waals surface area contributed by atoms with Gasteiger partial charge in [0.15, 0.2) is 0 Å². The van der Waals surface area contributed by atoms with Crippen molar-refractivity contribution in [3.63, 3.8) is 0 Å². The molecule has 1 aromatic rings. The number of carbonyl (C=O) groups is 1. The summed E-state index contributed by atoms with van der Waals surface area (Å²) in [6.45, 7) is 6.10. The lowest BCUT2D eigenvalue weighted by Gasteiger charge is -2.36. The summed E-state index contributed by atoms with van der Waals surface area (Å²) in [5, 5.41) is 3.90. The minimum absolute atomic E-state index is 0.0783. The monoisotopic (exact) mass is 330 g/mol. The molecule has 22 heavy (non-hydrogen) atoms. The Bertz CT molecular complexity index is 576. The van der Waals surface area contributed by atoms with Crippen molar-refractivity contribution in [1.82, 2.24) is 28.3 Å². The number of nitrogens with zero attached hydrogens (tertiary/aromatic N) is 6. The molecule has 1 saturated heterocycles. The van der Waals surface area contributed by atoms with Crippen LogP contribution in [0.1, 0.15) is 13.8 Å². The highest BCUT2D eigenvalue weighted by Crippen LogP contribution is 2.12. The van der Waals surface area contributed by atoms with Crippen LogP contribution in [-0.4, -0.2) is 81.9 Å². The van der Waals surface area contributed by atoms with Gasteiger partial charge in [0.1, 0.15) is 19.2 Å². The zero-order valence-corrected chi connectivity index (χ0v) is 13.7. The van der Waals surface area contributed by atoms with Gasteiger partial charge in [-0.05, 0) is 0 Å². The normalized spacial score (nSPS) is 17.1. The smallest absolute Gasteiger partial charge is 0.282 e. The molecule has 0 spiro atoms. The molecule has 0 radical (unpaired) electrons. The summed E-state index contributed by atoms with van der Waals surface area (Å²) in [6.07, 6.45) is 2.86. The Morgan fingerprint density at radius 2 is 1.82 bits per heavy atom. The second kappa shape index (κ2) is 7.16. The minimum Gasteiger partial charge on any atom is -0.338 e. The van der Waals surface area contributed by atoms with Crippen molar-refractivity contribution in [3.8, 4) is 0 Å². The molecule has 1 aromatic heterocycles. The Labute approximate surface area is 130 Å². The second-order valence-corrected chi connectivity index (χ2v) is 6.89. The second-order valence-electron chi connectivity index (χ2n) is 4.96. The van der Waals surface area contributed by atoms with Crippen LogP contribution in [0.2, 0.25) is 0 Å². The number of rotatable bonds is 6. The van der Waals surface area contributed by atoms with Gasteiger partial charge in [0.25, 0.3) is 10.2 Å². The molecule has 2 rings (SSSR count). The third kappa shape index (κ3) is 3.62. The number of hydrogen-bond donors (Lipinski definition) is 0. The molecule has 1 fully saturated rings. The van der Waals surface area contributed by atoms with Crippen LogP contribution in [0.5, 0.6) is 0 Å². The molecule has 0 aromatic carbocycles. The highest BCUT2D eigenvalue weighted by Gasteiger charge is 2.32. The van der Waals surface area contributed by atoms with E-state index in [4.69, 9.17) is 0 Å². The van der Waals surface area contributed by atoms with Gasteiger partial charge in [0, 0.05) is 39.3 Å². The predicted molar refractivity (Wildman–Crippen MR) is 80.0 cm³/mol. The number of aromatic nitrogens is 3. The van der Waals surface area contributed by atoms with Gasteiger partial charge in [-0.1, -0.05) is 13.8 Å². The maximum atomic E-state index is 12.4. The van der Waals surface area contributed by atoms with Crippen molar-refractivity contribution < 1.29 is 13.2 Å². The Hall–Kier alpha value is -1.52. The maximum Gasteiger partial charge on any atom is 0.282 e. The molecule has 10 heteroatoms. The molecule has 0 atom stereocenters.